The molecular weight excluding hydrogens is 450 g/mol. The quantitative estimate of drug-likeness (QED) is 0.385. The Labute approximate surface area is 183 Å². The molecule has 2 aromatic carbocycles. The summed E-state index contributed by atoms with van der Waals surface area (Å²) in [5, 5.41) is 16.4. The fourth-order valence-corrected chi connectivity index (χ4v) is 3.47. The zero-order valence-corrected chi connectivity index (χ0v) is 18.4. The molecule has 0 aliphatic carbocycles. The summed E-state index contributed by atoms with van der Waals surface area (Å²) in [6, 6.07) is 13.0. The normalized spacial score (nSPS) is 15.3. The van der Waals surface area contributed by atoms with Crippen LogP contribution in [0.3, 0.4) is 0 Å². The molecule has 1 aliphatic heterocycles. The molecule has 1 heterocycles. The van der Waals surface area contributed by atoms with Crippen molar-refractivity contribution in [2.45, 2.75) is 20.5 Å². The molecule has 2 aromatic rings. The third-order valence-corrected chi connectivity index (χ3v) is 5.06. The molecule has 0 radical (unpaired) electrons. The third-order valence-electron chi connectivity index (χ3n) is 4.42. The van der Waals surface area contributed by atoms with Crippen LogP contribution in [-0.2, 0) is 20.9 Å². The molecule has 7 nitrogen and oxygen atoms in total. The fraction of sp³-hybridized carbons (Fsp3) is 0.182. The molecule has 3 N–H and O–H groups in total. The molecule has 0 saturated carbocycles. The Balaban J connectivity index is 2.28. The Kier molecular flexibility index (Phi) is 6.47. The van der Waals surface area contributed by atoms with Gasteiger partial charge in [0, 0.05) is 5.56 Å². The molecule has 0 unspecified atom stereocenters. The summed E-state index contributed by atoms with van der Waals surface area (Å²) in [6.45, 7) is 3.58. The molecule has 0 bridgehead atoms. The minimum Gasteiger partial charge on any atom is -0.506 e. The van der Waals surface area contributed by atoms with Crippen LogP contribution < -0.4 is 5.73 Å². The maximum absolute atomic E-state index is 12.8. The topological polar surface area (TPSA) is 97.4 Å². The molecule has 0 saturated heterocycles. The number of nitrogens with zero attached hydrogens (tertiary/aromatic N) is 2. The molecule has 0 atom stereocenters. The molecule has 0 spiro atoms. The van der Waals surface area contributed by atoms with E-state index >= 15 is 0 Å². The van der Waals surface area contributed by atoms with Gasteiger partial charge in [0.25, 0.3) is 0 Å². The predicted octanol–water partition coefficient (Wildman–Crippen LogP) is 4.18. The lowest BCUT2D eigenvalue weighted by atomic mass is 9.95. The number of ether oxygens (including phenoxy) is 2. The second-order valence-electron chi connectivity index (χ2n) is 6.49. The Bertz CT molecular complexity index is 1060. The maximum atomic E-state index is 12.8. The average molecular weight is 472 g/mol. The van der Waals surface area contributed by atoms with Gasteiger partial charge in [-0.15, -0.1) is 0 Å². The number of allylic oxidation sites excluding steroid dienone is 1. The van der Waals surface area contributed by atoms with Crippen LogP contribution >= 0.6 is 15.9 Å². The van der Waals surface area contributed by atoms with E-state index in [9.17, 15) is 9.90 Å². The molecule has 0 fully saturated rings. The van der Waals surface area contributed by atoms with E-state index in [1.807, 2.05) is 30.3 Å². The molecule has 0 aromatic heterocycles. The van der Waals surface area contributed by atoms with Crippen molar-refractivity contribution in [3.8, 4) is 5.75 Å². The van der Waals surface area contributed by atoms with Gasteiger partial charge < -0.3 is 20.3 Å². The monoisotopic (exact) mass is 471 g/mol. The first-order valence-corrected chi connectivity index (χ1v) is 9.97. The molecule has 156 valence electrons. The fourth-order valence-electron chi connectivity index (χ4n) is 3.14. The van der Waals surface area contributed by atoms with Gasteiger partial charge in [0.2, 0.25) is 0 Å². The number of hydrogen-bond donors (Lipinski definition) is 2. The number of carbonyl (C=O) groups excluding carboxylic acids is 1. The summed E-state index contributed by atoms with van der Waals surface area (Å²) < 4.78 is 11.6. The maximum Gasteiger partial charge on any atom is 0.360 e. The smallest absolute Gasteiger partial charge is 0.360 e. The second kappa shape index (κ2) is 9.04. The lowest BCUT2D eigenvalue weighted by Crippen LogP contribution is -2.30. The first kappa shape index (κ1) is 21.4. The van der Waals surface area contributed by atoms with Crippen LogP contribution in [0, 0.1) is 0 Å². The summed E-state index contributed by atoms with van der Waals surface area (Å²) in [5.74, 6) is -0.189. The van der Waals surface area contributed by atoms with Gasteiger partial charge in [0.15, 0.2) is 11.5 Å². The van der Waals surface area contributed by atoms with Crippen LogP contribution in [0.15, 0.2) is 63.8 Å². The van der Waals surface area contributed by atoms with Gasteiger partial charge >= 0.3 is 5.97 Å². The van der Waals surface area contributed by atoms with Crippen LogP contribution in [0.1, 0.15) is 30.5 Å². The highest BCUT2D eigenvalue weighted by Gasteiger charge is 2.37. The van der Waals surface area contributed by atoms with Crippen molar-refractivity contribution in [2.75, 3.05) is 7.11 Å². The second-order valence-corrected chi connectivity index (χ2v) is 7.34. The van der Waals surface area contributed by atoms with Crippen molar-refractivity contribution < 1.29 is 19.4 Å². The van der Waals surface area contributed by atoms with E-state index in [-0.39, 0.29) is 29.6 Å². The van der Waals surface area contributed by atoms with Crippen molar-refractivity contribution >= 4 is 39.2 Å². The lowest BCUT2D eigenvalue weighted by molar-refractivity contribution is -0.137. The zero-order chi connectivity index (χ0) is 21.8. The Morgan fingerprint density at radius 1 is 1.27 bits per heavy atom. The van der Waals surface area contributed by atoms with E-state index in [0.717, 1.165) is 5.56 Å². The van der Waals surface area contributed by atoms with Gasteiger partial charge in [-0.3, -0.25) is 0 Å². The first-order chi connectivity index (χ1) is 14.4. The Hall–Kier alpha value is -3.26. The first-order valence-electron chi connectivity index (χ1n) is 9.17. The highest BCUT2D eigenvalue weighted by atomic mass is 79.9. The summed E-state index contributed by atoms with van der Waals surface area (Å²) in [7, 11) is 1.28. The van der Waals surface area contributed by atoms with Gasteiger partial charge in [-0.1, -0.05) is 36.4 Å². The molecule has 1 aliphatic rings. The number of esters is 1. The van der Waals surface area contributed by atoms with Crippen LogP contribution in [0.25, 0.3) is 11.5 Å². The van der Waals surface area contributed by atoms with Crippen LogP contribution in [0.5, 0.6) is 5.75 Å². The standard InChI is InChI=1S/C22H22BrN3O4/c1-4-17-18-15(10-11-16(23)20(18)27)21(30-12-14-8-6-5-7-9-14)19(22(28)29-3)26(17)25-13(2)24/h4-11,27H,12H2,1-3H3,(H2,24,25)/b17-4+. The van der Waals surface area contributed by atoms with Gasteiger partial charge in [-0.05, 0) is 47.5 Å². The number of aromatic hydroxyl groups is 1. The van der Waals surface area contributed by atoms with Crippen molar-refractivity contribution in [3.63, 3.8) is 0 Å². The SMILES string of the molecule is C/C=C1\c2c(ccc(Br)c2O)C(OCc2ccccc2)=C(C(=O)OC)N1/N=C(\C)N. The van der Waals surface area contributed by atoms with Gasteiger partial charge in [-0.2, -0.15) is 5.10 Å². The van der Waals surface area contributed by atoms with E-state index in [2.05, 4.69) is 21.0 Å². The summed E-state index contributed by atoms with van der Waals surface area (Å²) in [5.41, 5.74) is 8.30. The number of nitrogens with two attached hydrogens (primary N) is 1. The highest BCUT2D eigenvalue weighted by Crippen LogP contribution is 2.46. The molecule has 8 heteroatoms. The number of carbonyl (C=O) groups is 1. The number of amidine groups is 1. The van der Waals surface area contributed by atoms with Crippen LogP contribution in [-0.4, -0.2) is 29.0 Å². The van der Waals surface area contributed by atoms with E-state index in [4.69, 9.17) is 15.2 Å². The minimum absolute atomic E-state index is 0.000186. The predicted molar refractivity (Wildman–Crippen MR) is 119 cm³/mol. The number of halogens is 1. The van der Waals surface area contributed by atoms with Crippen LogP contribution in [0.2, 0.25) is 0 Å². The van der Waals surface area contributed by atoms with Crippen molar-refractivity contribution in [1.82, 2.24) is 5.01 Å². The van der Waals surface area contributed by atoms with E-state index in [1.54, 1.807) is 32.1 Å². The Morgan fingerprint density at radius 3 is 2.57 bits per heavy atom. The van der Waals surface area contributed by atoms with Gasteiger partial charge in [0.1, 0.15) is 18.2 Å². The number of rotatable bonds is 5. The molecule has 3 rings (SSSR count). The van der Waals surface area contributed by atoms with Crippen molar-refractivity contribution in [2.24, 2.45) is 10.8 Å². The number of methoxy groups -OCH3 is 1. The van der Waals surface area contributed by atoms with Gasteiger partial charge in [0.05, 0.1) is 22.8 Å². The van der Waals surface area contributed by atoms with Crippen molar-refractivity contribution in [3.05, 3.63) is 75.4 Å². The van der Waals surface area contributed by atoms with Crippen LogP contribution in [0.4, 0.5) is 0 Å². The summed E-state index contributed by atoms with van der Waals surface area (Å²) in [4.78, 5) is 12.8. The molecule has 30 heavy (non-hydrogen) atoms. The summed E-state index contributed by atoms with van der Waals surface area (Å²) in [6.07, 6.45) is 1.73. The Morgan fingerprint density at radius 2 is 1.97 bits per heavy atom. The lowest BCUT2D eigenvalue weighted by Gasteiger charge is -2.32. The average Bonchev–Trinajstić information content (AvgIpc) is 2.74. The third kappa shape index (κ3) is 4.04. The van der Waals surface area contributed by atoms with E-state index < -0.39 is 5.97 Å². The number of phenols is 1. The molecular formula is C22H22BrN3O4. The number of hydrogen-bond acceptors (Lipinski definition) is 6. The van der Waals surface area contributed by atoms with E-state index in [0.29, 0.717) is 21.3 Å². The number of fused-ring (bicyclic) bond motifs is 1. The zero-order valence-electron chi connectivity index (χ0n) is 16.8. The highest BCUT2D eigenvalue weighted by molar-refractivity contribution is 9.10. The van der Waals surface area contributed by atoms with Crippen molar-refractivity contribution in [1.29, 1.82) is 0 Å². The number of hydrazone groups is 1. The number of benzene rings is 2. The minimum atomic E-state index is -0.643. The van der Waals surface area contributed by atoms with Gasteiger partial charge in [-0.25, -0.2) is 9.80 Å². The van der Waals surface area contributed by atoms with E-state index in [1.165, 1.54) is 12.1 Å². The molecule has 0 amide bonds. The largest absolute Gasteiger partial charge is 0.506 e. The number of phenolic OH excluding ortho intramolecular Hbond substituents is 1. The summed E-state index contributed by atoms with van der Waals surface area (Å²) >= 11 is 3.35.